The monoisotopic (exact) mass is 511 g/mol. The van der Waals surface area contributed by atoms with Crippen LogP contribution < -0.4 is 5.43 Å². The van der Waals surface area contributed by atoms with Crippen molar-refractivity contribution in [2.45, 2.75) is 52.7 Å². The lowest BCUT2D eigenvalue weighted by molar-refractivity contribution is 0.0133. The van der Waals surface area contributed by atoms with E-state index in [4.69, 9.17) is 9.47 Å². The molecule has 0 saturated carbocycles. The molecule has 2 aromatic carbocycles. The van der Waals surface area contributed by atoms with Crippen molar-refractivity contribution in [2.75, 3.05) is 19.6 Å². The van der Waals surface area contributed by atoms with Crippen molar-refractivity contribution >= 4 is 23.7 Å². The van der Waals surface area contributed by atoms with Gasteiger partial charge in [-0.15, -0.1) is 0 Å². The lowest BCUT2D eigenvalue weighted by Crippen LogP contribution is -2.48. The van der Waals surface area contributed by atoms with Crippen LogP contribution in [0.2, 0.25) is 0 Å². The zero-order chi connectivity index (χ0) is 27.0. The molecular formula is C28H34FN3O5. The van der Waals surface area contributed by atoms with Crippen molar-refractivity contribution in [2.24, 2.45) is 0 Å². The summed E-state index contributed by atoms with van der Waals surface area (Å²) in [6.45, 7) is 8.19. The topological polar surface area (TPSA) is 88.2 Å². The minimum absolute atomic E-state index is 0.0773. The van der Waals surface area contributed by atoms with E-state index >= 15 is 0 Å². The Hall–Kier alpha value is -3.88. The van der Waals surface area contributed by atoms with Gasteiger partial charge in [0.05, 0.1) is 0 Å². The molecule has 1 heterocycles. The number of carbonyl (C=O) groups excluding carboxylic acids is 3. The van der Waals surface area contributed by atoms with Crippen LogP contribution in [0.4, 0.5) is 14.0 Å². The first-order chi connectivity index (χ1) is 17.6. The first-order valence-corrected chi connectivity index (χ1v) is 12.3. The fourth-order valence-corrected chi connectivity index (χ4v) is 3.73. The lowest BCUT2D eigenvalue weighted by Gasteiger charge is -2.27. The minimum atomic E-state index is -0.719. The summed E-state index contributed by atoms with van der Waals surface area (Å²) in [5.41, 5.74) is 3.88. The highest BCUT2D eigenvalue weighted by Gasteiger charge is 2.25. The van der Waals surface area contributed by atoms with Gasteiger partial charge in [-0.2, -0.15) is 0 Å². The molecule has 1 N–H and O–H groups in total. The lowest BCUT2D eigenvalue weighted by atomic mass is 9.97. The maximum absolute atomic E-state index is 15.0. The van der Waals surface area contributed by atoms with E-state index in [0.717, 1.165) is 22.2 Å². The molecule has 0 fully saturated rings. The Kier molecular flexibility index (Phi) is 9.27. The van der Waals surface area contributed by atoms with Crippen LogP contribution in [0, 0.1) is 5.82 Å². The van der Waals surface area contributed by atoms with Crippen molar-refractivity contribution in [3.63, 3.8) is 0 Å². The molecule has 37 heavy (non-hydrogen) atoms. The molecule has 8 nitrogen and oxygen atoms in total. The van der Waals surface area contributed by atoms with Crippen LogP contribution in [0.5, 0.6) is 0 Å². The average molecular weight is 512 g/mol. The number of nitrogens with one attached hydrogen (secondary N) is 1. The Labute approximate surface area is 217 Å². The number of hydrazine groups is 1. The van der Waals surface area contributed by atoms with Crippen molar-refractivity contribution in [3.8, 4) is 0 Å². The molecule has 0 aliphatic carbocycles. The Morgan fingerprint density at radius 2 is 1.84 bits per heavy atom. The molecule has 1 aliphatic heterocycles. The third-order valence-corrected chi connectivity index (χ3v) is 5.55. The van der Waals surface area contributed by atoms with E-state index in [1.807, 2.05) is 37.3 Å². The molecule has 0 saturated heterocycles. The number of nitrogens with zero attached hydrogens (tertiary/aromatic N) is 2. The van der Waals surface area contributed by atoms with Gasteiger partial charge < -0.3 is 14.4 Å². The normalized spacial score (nSPS) is 13.4. The summed E-state index contributed by atoms with van der Waals surface area (Å²) < 4.78 is 25.7. The highest BCUT2D eigenvalue weighted by molar-refractivity contribution is 5.95. The van der Waals surface area contributed by atoms with Crippen LogP contribution in [-0.4, -0.2) is 53.2 Å². The average Bonchev–Trinajstić information content (AvgIpc) is 2.86. The summed E-state index contributed by atoms with van der Waals surface area (Å²) in [6.07, 6.45) is 1.73. The fraction of sp³-hybridized carbons (Fsp3) is 0.393. The third kappa shape index (κ3) is 8.06. The van der Waals surface area contributed by atoms with Gasteiger partial charge in [0.25, 0.3) is 5.91 Å². The van der Waals surface area contributed by atoms with E-state index in [1.165, 1.54) is 12.1 Å². The summed E-state index contributed by atoms with van der Waals surface area (Å²) >= 11 is 0. The van der Waals surface area contributed by atoms with Gasteiger partial charge in [0, 0.05) is 30.8 Å². The van der Waals surface area contributed by atoms with E-state index in [1.54, 1.807) is 31.7 Å². The second-order valence-electron chi connectivity index (χ2n) is 9.73. The minimum Gasteiger partial charge on any atom is -0.445 e. The van der Waals surface area contributed by atoms with Gasteiger partial charge in [-0.1, -0.05) is 49.4 Å². The third-order valence-electron chi connectivity index (χ3n) is 5.55. The maximum atomic E-state index is 15.0. The molecule has 3 amide bonds. The molecule has 0 bridgehead atoms. The number of ether oxygens (including phenoxy) is 2. The van der Waals surface area contributed by atoms with Gasteiger partial charge in [0.15, 0.2) is 0 Å². The van der Waals surface area contributed by atoms with Crippen LogP contribution in [0.3, 0.4) is 0 Å². The molecule has 9 heteroatoms. The quantitative estimate of drug-likeness (QED) is 0.514. The van der Waals surface area contributed by atoms with E-state index in [9.17, 15) is 18.8 Å². The zero-order valence-corrected chi connectivity index (χ0v) is 21.8. The smallest absolute Gasteiger partial charge is 0.429 e. The van der Waals surface area contributed by atoms with Gasteiger partial charge >= 0.3 is 12.2 Å². The number of carbonyl (C=O) groups is 3. The molecule has 0 radical (unpaired) electrons. The van der Waals surface area contributed by atoms with Crippen molar-refractivity contribution in [3.05, 3.63) is 77.1 Å². The Morgan fingerprint density at radius 3 is 2.43 bits per heavy atom. The van der Waals surface area contributed by atoms with Crippen molar-refractivity contribution in [1.82, 2.24) is 15.3 Å². The van der Waals surface area contributed by atoms with Gasteiger partial charge in [0.1, 0.15) is 18.0 Å². The van der Waals surface area contributed by atoms with Crippen molar-refractivity contribution in [1.29, 1.82) is 0 Å². The van der Waals surface area contributed by atoms with Crippen LogP contribution in [0.25, 0.3) is 5.57 Å². The summed E-state index contributed by atoms with van der Waals surface area (Å²) in [5.74, 6) is -1.17. The number of benzene rings is 2. The number of hydrogen-bond donors (Lipinski definition) is 1. The van der Waals surface area contributed by atoms with Crippen LogP contribution >= 0.6 is 0 Å². The Bertz CT molecular complexity index is 1140. The molecular weight excluding hydrogens is 477 g/mol. The van der Waals surface area contributed by atoms with E-state index in [0.29, 0.717) is 31.5 Å². The second kappa shape index (κ2) is 12.4. The maximum Gasteiger partial charge on any atom is 0.429 e. The number of hydrogen-bond acceptors (Lipinski definition) is 5. The van der Waals surface area contributed by atoms with Crippen molar-refractivity contribution < 1.29 is 28.2 Å². The molecule has 3 rings (SSSR count). The number of rotatable bonds is 6. The molecule has 0 spiro atoms. The van der Waals surface area contributed by atoms with E-state index in [-0.39, 0.29) is 18.7 Å². The van der Waals surface area contributed by atoms with E-state index < -0.39 is 29.5 Å². The van der Waals surface area contributed by atoms with Crippen LogP contribution in [0.1, 0.15) is 62.0 Å². The highest BCUT2D eigenvalue weighted by atomic mass is 19.1. The molecule has 0 unspecified atom stereocenters. The SMILES string of the molecule is CCCN(NC(=O)c1ccc(C2=CCN(C(=O)OCc3ccccc3)CC2)c(F)c1)C(=O)OC(C)(C)C. The predicted molar refractivity (Wildman–Crippen MR) is 138 cm³/mol. The Morgan fingerprint density at radius 1 is 1.11 bits per heavy atom. The molecule has 0 aromatic heterocycles. The van der Waals surface area contributed by atoms with Gasteiger partial charge in [-0.25, -0.2) is 19.0 Å². The predicted octanol–water partition coefficient (Wildman–Crippen LogP) is 5.54. The second-order valence-corrected chi connectivity index (χ2v) is 9.73. The van der Waals surface area contributed by atoms with Gasteiger partial charge in [-0.05, 0) is 56.9 Å². The van der Waals surface area contributed by atoms with Crippen LogP contribution in [-0.2, 0) is 16.1 Å². The summed E-state index contributed by atoms with van der Waals surface area (Å²) in [6, 6.07) is 13.6. The first-order valence-electron chi connectivity index (χ1n) is 12.3. The van der Waals surface area contributed by atoms with E-state index in [2.05, 4.69) is 5.43 Å². The Balaban J connectivity index is 1.60. The highest BCUT2D eigenvalue weighted by Crippen LogP contribution is 2.26. The van der Waals surface area contributed by atoms with Gasteiger partial charge in [0.2, 0.25) is 0 Å². The zero-order valence-electron chi connectivity index (χ0n) is 21.8. The molecule has 2 aromatic rings. The molecule has 198 valence electrons. The standard InChI is InChI=1S/C28H34FN3O5/c1-5-15-32(27(35)37-28(2,3)4)30-25(33)22-11-12-23(24(29)18-22)21-13-16-31(17-14-21)26(34)36-19-20-9-7-6-8-10-20/h6-13,18H,5,14-17,19H2,1-4H3,(H,30,33). The fourth-order valence-electron chi connectivity index (χ4n) is 3.73. The molecule has 1 aliphatic rings. The largest absolute Gasteiger partial charge is 0.445 e. The summed E-state index contributed by atoms with van der Waals surface area (Å²) in [4.78, 5) is 39.1. The number of amides is 3. The number of halogens is 1. The van der Waals surface area contributed by atoms with Gasteiger partial charge in [-0.3, -0.25) is 10.2 Å². The summed E-state index contributed by atoms with van der Waals surface area (Å²) in [5, 5.41) is 1.09. The summed E-state index contributed by atoms with van der Waals surface area (Å²) in [7, 11) is 0. The van der Waals surface area contributed by atoms with Crippen LogP contribution in [0.15, 0.2) is 54.6 Å². The molecule has 0 atom stereocenters. The first kappa shape index (κ1) is 27.7.